The molecule has 2 aromatic rings. The highest BCUT2D eigenvalue weighted by molar-refractivity contribution is 5.82. The number of hydrogen-bond donors (Lipinski definition) is 1. The van der Waals surface area contributed by atoms with Crippen molar-refractivity contribution in [3.05, 3.63) is 46.0 Å². The van der Waals surface area contributed by atoms with Crippen molar-refractivity contribution in [3.8, 4) is 0 Å². The fraction of sp³-hybridized carbons (Fsp3) is 0.308. The van der Waals surface area contributed by atoms with Gasteiger partial charge in [-0.15, -0.1) is 0 Å². The van der Waals surface area contributed by atoms with Crippen LogP contribution in [0, 0.1) is 5.82 Å². The van der Waals surface area contributed by atoms with Gasteiger partial charge in [-0.3, -0.25) is 4.79 Å². The van der Waals surface area contributed by atoms with E-state index in [1.807, 2.05) is 0 Å². The maximum absolute atomic E-state index is 13.8. The van der Waals surface area contributed by atoms with Crippen LogP contribution in [0.25, 0.3) is 10.9 Å². The second-order valence-corrected chi connectivity index (χ2v) is 4.02. The number of nitrogens with zero attached hydrogens (tertiary/aromatic N) is 1. The number of aliphatic hydroxyl groups is 1. The molecule has 0 bridgehead atoms. The number of aromatic nitrogens is 1. The van der Waals surface area contributed by atoms with Crippen LogP contribution in [0.15, 0.2) is 29.1 Å². The molecule has 2 rings (SSSR count). The lowest BCUT2D eigenvalue weighted by molar-refractivity contribution is 0.288. The maximum Gasteiger partial charge on any atom is 0.250 e. The first-order valence-electron chi connectivity index (χ1n) is 5.53. The van der Waals surface area contributed by atoms with Gasteiger partial charge in [0.15, 0.2) is 0 Å². The van der Waals surface area contributed by atoms with Crippen molar-refractivity contribution < 1.29 is 9.50 Å². The Kier molecular flexibility index (Phi) is 3.24. The summed E-state index contributed by atoms with van der Waals surface area (Å²) in [6.45, 7) is 0.0105. The molecule has 0 unspecified atom stereocenters. The molecule has 1 N–H and O–H groups in total. The predicted octanol–water partition coefficient (Wildman–Crippen LogP) is 1.60. The Hall–Kier alpha value is -1.68. The van der Waals surface area contributed by atoms with Crippen LogP contribution in [-0.2, 0) is 13.5 Å². The molecule has 0 spiro atoms. The van der Waals surface area contributed by atoms with Gasteiger partial charge in [-0.1, -0.05) is 0 Å². The van der Waals surface area contributed by atoms with Gasteiger partial charge >= 0.3 is 0 Å². The molecule has 1 aromatic heterocycles. The molecule has 90 valence electrons. The topological polar surface area (TPSA) is 42.2 Å². The number of aliphatic hydroxyl groups excluding tert-OH is 1. The summed E-state index contributed by atoms with van der Waals surface area (Å²) < 4.78 is 15.2. The van der Waals surface area contributed by atoms with E-state index in [2.05, 4.69) is 0 Å². The Labute approximate surface area is 98.1 Å². The third-order valence-electron chi connectivity index (χ3n) is 2.91. The number of benzene rings is 1. The zero-order chi connectivity index (χ0) is 12.4. The number of hydrogen-bond acceptors (Lipinski definition) is 2. The van der Waals surface area contributed by atoms with Crippen LogP contribution >= 0.6 is 0 Å². The molecule has 0 radical (unpaired) electrons. The summed E-state index contributed by atoms with van der Waals surface area (Å²) in [6.07, 6.45) is 0.913. The van der Waals surface area contributed by atoms with E-state index < -0.39 is 0 Å². The minimum absolute atomic E-state index is 0.0105. The summed E-state index contributed by atoms with van der Waals surface area (Å²) >= 11 is 0. The van der Waals surface area contributed by atoms with Gasteiger partial charge < -0.3 is 9.67 Å². The van der Waals surface area contributed by atoms with E-state index in [0.717, 1.165) is 5.39 Å². The molecule has 0 aliphatic heterocycles. The highest BCUT2D eigenvalue weighted by Crippen LogP contribution is 2.21. The van der Waals surface area contributed by atoms with Crippen LogP contribution in [0.4, 0.5) is 4.39 Å². The molecule has 0 aliphatic carbocycles. The molecule has 0 saturated carbocycles. The third kappa shape index (κ3) is 2.08. The van der Waals surface area contributed by atoms with Crippen LogP contribution in [-0.4, -0.2) is 16.3 Å². The first-order chi connectivity index (χ1) is 8.15. The van der Waals surface area contributed by atoms with Crippen molar-refractivity contribution in [1.82, 2.24) is 4.57 Å². The lowest BCUT2D eigenvalue weighted by Crippen LogP contribution is -2.17. The first-order valence-corrected chi connectivity index (χ1v) is 5.53. The lowest BCUT2D eigenvalue weighted by atomic mass is 10.0. The molecule has 0 atom stereocenters. The van der Waals surface area contributed by atoms with E-state index in [0.29, 0.717) is 23.9 Å². The van der Waals surface area contributed by atoms with Crippen LogP contribution in [0.5, 0.6) is 0 Å². The van der Waals surface area contributed by atoms with Crippen molar-refractivity contribution in [2.24, 2.45) is 7.05 Å². The summed E-state index contributed by atoms with van der Waals surface area (Å²) in [5, 5.41) is 9.66. The van der Waals surface area contributed by atoms with Gasteiger partial charge in [0.1, 0.15) is 5.82 Å². The van der Waals surface area contributed by atoms with Gasteiger partial charge in [-0.2, -0.15) is 0 Å². The van der Waals surface area contributed by atoms with E-state index in [9.17, 15) is 9.18 Å². The Bertz CT molecular complexity index is 604. The minimum atomic E-state index is -0.327. The van der Waals surface area contributed by atoms with E-state index in [1.54, 1.807) is 19.2 Å². The van der Waals surface area contributed by atoms with Gasteiger partial charge in [-0.05, 0) is 36.4 Å². The molecule has 0 fully saturated rings. The molecule has 4 heteroatoms. The standard InChI is InChI=1S/C13H14FNO2/c1-15-12(17)7-5-9-4-6-11(14)10(13(9)15)3-2-8-16/h4-7,16H,2-3,8H2,1H3. The van der Waals surface area contributed by atoms with Crippen LogP contribution in [0.3, 0.4) is 0 Å². The quantitative estimate of drug-likeness (QED) is 0.878. The Morgan fingerprint density at radius 2 is 2.00 bits per heavy atom. The van der Waals surface area contributed by atoms with Crippen molar-refractivity contribution in [3.63, 3.8) is 0 Å². The average Bonchev–Trinajstić information content (AvgIpc) is 2.33. The summed E-state index contributed by atoms with van der Waals surface area (Å²) in [4.78, 5) is 11.6. The molecular formula is C13H14FNO2. The maximum atomic E-state index is 13.8. The summed E-state index contributed by atoms with van der Waals surface area (Å²) in [7, 11) is 1.63. The fourth-order valence-corrected chi connectivity index (χ4v) is 2.04. The molecule has 3 nitrogen and oxygen atoms in total. The average molecular weight is 235 g/mol. The van der Waals surface area contributed by atoms with Crippen molar-refractivity contribution in [2.45, 2.75) is 12.8 Å². The zero-order valence-corrected chi connectivity index (χ0v) is 9.61. The second kappa shape index (κ2) is 4.67. The molecule has 17 heavy (non-hydrogen) atoms. The van der Waals surface area contributed by atoms with Gasteiger partial charge in [0, 0.05) is 25.3 Å². The van der Waals surface area contributed by atoms with Crippen molar-refractivity contribution >= 4 is 10.9 Å². The molecule has 0 amide bonds. The Morgan fingerprint density at radius 1 is 1.29 bits per heavy atom. The smallest absolute Gasteiger partial charge is 0.250 e. The molecule has 0 aliphatic rings. The predicted molar refractivity (Wildman–Crippen MR) is 64.6 cm³/mol. The van der Waals surface area contributed by atoms with Gasteiger partial charge in [-0.25, -0.2) is 4.39 Å². The molecule has 1 aromatic carbocycles. The second-order valence-electron chi connectivity index (χ2n) is 4.02. The number of halogens is 1. The normalized spacial score (nSPS) is 11.0. The van der Waals surface area contributed by atoms with E-state index in [1.165, 1.54) is 16.7 Å². The van der Waals surface area contributed by atoms with Crippen molar-refractivity contribution in [2.75, 3.05) is 6.61 Å². The molecular weight excluding hydrogens is 221 g/mol. The highest BCUT2D eigenvalue weighted by Gasteiger charge is 2.10. The Balaban J connectivity index is 2.73. The van der Waals surface area contributed by atoms with Gasteiger partial charge in [0.25, 0.3) is 5.56 Å². The number of fused-ring (bicyclic) bond motifs is 1. The zero-order valence-electron chi connectivity index (χ0n) is 9.61. The lowest BCUT2D eigenvalue weighted by Gasteiger charge is -2.11. The number of rotatable bonds is 3. The monoisotopic (exact) mass is 235 g/mol. The van der Waals surface area contributed by atoms with Crippen LogP contribution in [0.1, 0.15) is 12.0 Å². The van der Waals surface area contributed by atoms with Crippen molar-refractivity contribution in [1.29, 1.82) is 0 Å². The van der Waals surface area contributed by atoms with Crippen LogP contribution in [0.2, 0.25) is 0 Å². The molecule has 1 heterocycles. The van der Waals surface area contributed by atoms with Gasteiger partial charge in [0.05, 0.1) is 5.52 Å². The summed E-state index contributed by atoms with van der Waals surface area (Å²) in [5.74, 6) is -0.327. The van der Waals surface area contributed by atoms with E-state index in [4.69, 9.17) is 5.11 Å². The Morgan fingerprint density at radius 3 is 2.71 bits per heavy atom. The number of aryl methyl sites for hydroxylation is 2. The van der Waals surface area contributed by atoms with E-state index in [-0.39, 0.29) is 18.0 Å². The highest BCUT2D eigenvalue weighted by atomic mass is 19.1. The summed E-state index contributed by atoms with van der Waals surface area (Å²) in [6, 6.07) is 6.22. The van der Waals surface area contributed by atoms with E-state index >= 15 is 0 Å². The SMILES string of the molecule is Cn1c(=O)ccc2ccc(F)c(CCCO)c21. The molecule has 0 saturated heterocycles. The fourth-order valence-electron chi connectivity index (χ4n) is 2.04. The third-order valence-corrected chi connectivity index (χ3v) is 2.91. The minimum Gasteiger partial charge on any atom is -0.396 e. The largest absolute Gasteiger partial charge is 0.396 e. The van der Waals surface area contributed by atoms with Crippen LogP contribution < -0.4 is 5.56 Å². The van der Waals surface area contributed by atoms with Gasteiger partial charge in [0.2, 0.25) is 0 Å². The first kappa shape index (κ1) is 11.8. The summed E-state index contributed by atoms with van der Waals surface area (Å²) in [5.41, 5.74) is 0.955. The number of pyridine rings is 1.